The zero-order valence-electron chi connectivity index (χ0n) is 22.5. The van der Waals surface area contributed by atoms with E-state index in [0.29, 0.717) is 22.5 Å². The first kappa shape index (κ1) is 28.0. The molecule has 4 aromatic rings. The van der Waals surface area contributed by atoms with Crippen molar-refractivity contribution in [1.82, 2.24) is 19.3 Å². The largest absolute Gasteiger partial charge is 0.416 e. The van der Waals surface area contributed by atoms with E-state index in [2.05, 4.69) is 15.5 Å². The van der Waals surface area contributed by atoms with Gasteiger partial charge in [0.25, 0.3) is 10.0 Å². The number of hydrogen-bond acceptors (Lipinski definition) is 6. The van der Waals surface area contributed by atoms with Gasteiger partial charge >= 0.3 is 6.18 Å². The Bertz CT molecular complexity index is 1810. The molecule has 1 saturated heterocycles. The lowest BCUT2D eigenvalue weighted by molar-refractivity contribution is -0.137. The van der Waals surface area contributed by atoms with Crippen LogP contribution in [0.4, 0.5) is 28.9 Å². The number of rotatable bonds is 7. The topological polar surface area (TPSA) is 104 Å². The first-order valence-electron chi connectivity index (χ1n) is 13.1. The van der Waals surface area contributed by atoms with Crippen LogP contribution >= 0.6 is 0 Å². The number of piperidine rings is 1. The van der Waals surface area contributed by atoms with Crippen molar-refractivity contribution in [3.63, 3.8) is 0 Å². The minimum Gasteiger partial charge on any atom is -0.355 e. The van der Waals surface area contributed by atoms with Crippen molar-refractivity contribution in [1.29, 1.82) is 5.41 Å². The average Bonchev–Trinajstić information content (AvgIpc) is 3.20. The molecule has 2 fully saturated rings. The third-order valence-corrected chi connectivity index (χ3v) is 9.95. The number of nitrogens with one attached hydrogen (secondary N) is 2. The summed E-state index contributed by atoms with van der Waals surface area (Å²) in [5, 5.41) is 18.9. The summed E-state index contributed by atoms with van der Waals surface area (Å²) >= 11 is 0. The molecule has 42 heavy (non-hydrogen) atoms. The highest BCUT2D eigenvalue weighted by Gasteiger charge is 2.72. The van der Waals surface area contributed by atoms with Crippen molar-refractivity contribution < 1.29 is 26.0 Å². The van der Waals surface area contributed by atoms with Crippen molar-refractivity contribution in [3.8, 4) is 0 Å². The van der Waals surface area contributed by atoms with Crippen molar-refractivity contribution in [2.24, 2.45) is 13.0 Å². The van der Waals surface area contributed by atoms with Gasteiger partial charge in [-0.15, -0.1) is 5.10 Å². The van der Waals surface area contributed by atoms with Gasteiger partial charge in [0, 0.05) is 54.6 Å². The van der Waals surface area contributed by atoms with Crippen LogP contribution in [0.15, 0.2) is 71.9 Å². The summed E-state index contributed by atoms with van der Waals surface area (Å²) in [4.78, 5) is 1.15. The molecule has 2 aliphatic rings. The maximum Gasteiger partial charge on any atom is 0.416 e. The lowest BCUT2D eigenvalue weighted by Gasteiger charge is -2.25. The van der Waals surface area contributed by atoms with Gasteiger partial charge in [0.1, 0.15) is 5.82 Å². The normalized spacial score (nSPS) is 22.1. The molecule has 0 amide bonds. The highest BCUT2D eigenvalue weighted by atomic mass is 32.2. The smallest absolute Gasteiger partial charge is 0.355 e. The summed E-state index contributed by atoms with van der Waals surface area (Å²) in [5.74, 6) is -1.07. The van der Waals surface area contributed by atoms with Crippen molar-refractivity contribution in [2.45, 2.75) is 29.5 Å². The Hall–Kier alpha value is -4.10. The standard InChI is InChI=1S/C29H26F4N6O2S/c1-17-10-25(36-22-8-6-21(30)7-9-22)19(13-34)12-23(17)28-16-39(42(40,41)26-14-35-38(2)37-26)15-24(28)27(28)18-4-3-5-20(11-18)29(31,32)33/h3-14,24,27,34,36H,15-16H2,1-2H3/t24-,27-,28+/m0/s1. The van der Waals surface area contributed by atoms with Crippen molar-refractivity contribution >= 4 is 27.6 Å². The summed E-state index contributed by atoms with van der Waals surface area (Å²) in [7, 11) is -2.50. The highest BCUT2D eigenvalue weighted by molar-refractivity contribution is 7.89. The van der Waals surface area contributed by atoms with E-state index >= 15 is 0 Å². The number of fused-ring (bicyclic) bond motifs is 1. The Kier molecular flexibility index (Phi) is 6.50. The number of sulfonamides is 1. The molecule has 1 saturated carbocycles. The second-order valence-corrected chi connectivity index (χ2v) is 12.6. The van der Waals surface area contributed by atoms with Crippen LogP contribution in [0, 0.1) is 24.1 Å². The summed E-state index contributed by atoms with van der Waals surface area (Å²) in [5.41, 5.74) is 2.13. The molecule has 0 bridgehead atoms. The second kappa shape index (κ2) is 9.73. The molecule has 13 heteroatoms. The third kappa shape index (κ3) is 4.56. The molecule has 0 unspecified atom stereocenters. The number of aryl methyl sites for hydroxylation is 2. The Morgan fingerprint density at radius 3 is 2.50 bits per heavy atom. The first-order valence-corrected chi connectivity index (χ1v) is 14.5. The molecule has 6 rings (SSSR count). The van der Waals surface area contributed by atoms with Crippen LogP contribution in [0.1, 0.15) is 33.7 Å². The molecule has 218 valence electrons. The average molecular weight is 599 g/mol. The molecule has 1 aromatic heterocycles. The van der Waals surface area contributed by atoms with E-state index in [1.54, 1.807) is 24.3 Å². The minimum absolute atomic E-state index is 0.0283. The number of benzene rings is 3. The summed E-state index contributed by atoms with van der Waals surface area (Å²) in [6, 6.07) is 14.6. The molecule has 1 aliphatic heterocycles. The van der Waals surface area contributed by atoms with Gasteiger partial charge in [-0.25, -0.2) is 12.8 Å². The Balaban J connectivity index is 1.43. The van der Waals surface area contributed by atoms with Gasteiger partial charge in [0.2, 0.25) is 5.03 Å². The summed E-state index contributed by atoms with van der Waals surface area (Å²) in [6.07, 6.45) is -2.19. The molecular weight excluding hydrogens is 572 g/mol. The molecule has 2 N–H and O–H groups in total. The maximum atomic E-state index is 13.6. The zero-order valence-corrected chi connectivity index (χ0v) is 23.3. The van der Waals surface area contributed by atoms with E-state index < -0.39 is 27.2 Å². The van der Waals surface area contributed by atoms with Crippen LogP contribution in [-0.2, 0) is 28.7 Å². The quantitative estimate of drug-likeness (QED) is 0.220. The van der Waals surface area contributed by atoms with Gasteiger partial charge in [-0.1, -0.05) is 18.2 Å². The van der Waals surface area contributed by atoms with Gasteiger partial charge in [-0.3, -0.25) is 0 Å². The van der Waals surface area contributed by atoms with Crippen molar-refractivity contribution in [2.75, 3.05) is 18.4 Å². The Morgan fingerprint density at radius 1 is 1.12 bits per heavy atom. The zero-order chi connectivity index (χ0) is 30.0. The first-order chi connectivity index (χ1) is 19.8. The minimum atomic E-state index is -4.52. The lowest BCUT2D eigenvalue weighted by atomic mass is 9.85. The molecular formula is C29H26F4N6O2S. The van der Waals surface area contributed by atoms with Crippen LogP contribution in [0.2, 0.25) is 0 Å². The van der Waals surface area contributed by atoms with Gasteiger partial charge < -0.3 is 10.7 Å². The molecule has 0 radical (unpaired) electrons. The van der Waals surface area contributed by atoms with Gasteiger partial charge in [0.15, 0.2) is 0 Å². The Morgan fingerprint density at radius 2 is 1.86 bits per heavy atom. The third-order valence-electron chi connectivity index (χ3n) is 8.28. The predicted molar refractivity (Wildman–Crippen MR) is 148 cm³/mol. The van der Waals surface area contributed by atoms with Crippen molar-refractivity contribution in [3.05, 3.63) is 100 Å². The lowest BCUT2D eigenvalue weighted by Crippen LogP contribution is -2.35. The highest BCUT2D eigenvalue weighted by Crippen LogP contribution is 2.70. The van der Waals surface area contributed by atoms with Crippen LogP contribution < -0.4 is 5.32 Å². The molecule has 1 aliphatic carbocycles. The number of halogens is 4. The number of anilines is 2. The SMILES string of the molecule is Cc1cc(Nc2ccc(F)cc2)c(C=N)cc1[C@]12CN(S(=O)(=O)c3cnn(C)n3)C[C@H]1[C@@H]2c1cccc(C(F)(F)F)c1. The molecule has 3 aromatic carbocycles. The fraction of sp³-hybridized carbons (Fsp3) is 0.276. The second-order valence-electron chi connectivity index (χ2n) is 10.7. The fourth-order valence-electron chi connectivity index (χ4n) is 6.37. The van der Waals surface area contributed by atoms with Crippen LogP contribution in [-0.4, -0.2) is 47.0 Å². The van der Waals surface area contributed by atoms with Gasteiger partial charge in [-0.2, -0.15) is 27.4 Å². The number of alkyl halides is 3. The number of aromatic nitrogens is 3. The maximum absolute atomic E-state index is 13.6. The fourth-order valence-corrected chi connectivity index (χ4v) is 7.78. The van der Waals surface area contributed by atoms with Gasteiger partial charge in [0.05, 0.1) is 11.8 Å². The summed E-state index contributed by atoms with van der Waals surface area (Å²) in [6.45, 7) is 1.97. The van der Waals surface area contributed by atoms with Gasteiger partial charge in [-0.05, 0) is 72.0 Å². The monoisotopic (exact) mass is 598 g/mol. The molecule has 2 heterocycles. The summed E-state index contributed by atoms with van der Waals surface area (Å²) < 4.78 is 82.6. The number of hydrogen-bond donors (Lipinski definition) is 2. The molecule has 3 atom stereocenters. The molecule has 8 nitrogen and oxygen atoms in total. The predicted octanol–water partition coefficient (Wildman–Crippen LogP) is 5.38. The van der Waals surface area contributed by atoms with E-state index in [-0.39, 0.29) is 35.8 Å². The van der Waals surface area contributed by atoms with Crippen LogP contribution in [0.25, 0.3) is 0 Å². The van der Waals surface area contributed by atoms with E-state index in [9.17, 15) is 26.0 Å². The van der Waals surface area contributed by atoms with E-state index in [4.69, 9.17) is 5.41 Å². The van der Waals surface area contributed by atoms with Crippen LogP contribution in [0.3, 0.4) is 0 Å². The van der Waals surface area contributed by atoms with E-state index in [1.165, 1.54) is 35.7 Å². The van der Waals surface area contributed by atoms with E-state index in [1.807, 2.05) is 13.0 Å². The van der Waals surface area contributed by atoms with E-state index in [0.717, 1.165) is 34.3 Å². The number of nitrogens with zero attached hydrogens (tertiary/aromatic N) is 4. The Labute approximate surface area is 239 Å². The van der Waals surface area contributed by atoms with Crippen LogP contribution in [0.5, 0.6) is 0 Å². The molecule has 0 spiro atoms.